The number of hydrogen-bond acceptors (Lipinski definition) is 5. The third kappa shape index (κ3) is 4.33. The molecule has 3 aromatic rings. The van der Waals surface area contributed by atoms with Gasteiger partial charge in [-0.15, -0.1) is 0 Å². The summed E-state index contributed by atoms with van der Waals surface area (Å²) >= 11 is 12.1. The molecule has 7 nitrogen and oxygen atoms in total. The molecule has 0 aliphatic carbocycles. The number of hydrogen-bond donors (Lipinski definition) is 2. The Morgan fingerprint density at radius 3 is 2.61 bits per heavy atom. The fraction of sp³-hybridized carbons (Fsp3) is 0.150. The fourth-order valence-corrected chi connectivity index (χ4v) is 3.65. The highest BCUT2D eigenvalue weighted by Gasteiger charge is 2.35. The Balaban J connectivity index is 1.81. The molecule has 4 rings (SSSR count). The van der Waals surface area contributed by atoms with E-state index in [1.807, 2.05) is 0 Å². The summed E-state index contributed by atoms with van der Waals surface area (Å²) in [6, 6.07) is 9.86. The van der Waals surface area contributed by atoms with Crippen molar-refractivity contribution in [2.45, 2.75) is 19.6 Å². The highest BCUT2D eigenvalue weighted by molar-refractivity contribution is 6.31. The van der Waals surface area contributed by atoms with E-state index < -0.39 is 18.6 Å². The van der Waals surface area contributed by atoms with Gasteiger partial charge in [-0.2, -0.15) is 18.9 Å². The second-order valence-electron chi connectivity index (χ2n) is 6.62. The van der Waals surface area contributed by atoms with E-state index in [1.165, 1.54) is 29.2 Å². The number of nitrogens with zero attached hydrogens (tertiary/aromatic N) is 3. The fourth-order valence-electron chi connectivity index (χ4n) is 3.34. The van der Waals surface area contributed by atoms with Gasteiger partial charge in [0, 0.05) is 27.0 Å². The minimum Gasteiger partial charge on any atom is -0.434 e. The number of nitrogens with one attached hydrogen (secondary N) is 2. The maximum atomic E-state index is 13.3. The number of carbonyl (C=O) groups excluding carboxylic acids is 1. The van der Waals surface area contributed by atoms with Crippen LogP contribution in [0.3, 0.4) is 0 Å². The summed E-state index contributed by atoms with van der Waals surface area (Å²) in [4.78, 5) is 17.4. The predicted molar refractivity (Wildman–Crippen MR) is 113 cm³/mol. The van der Waals surface area contributed by atoms with E-state index in [0.717, 1.165) is 0 Å². The average Bonchev–Trinajstić information content (AvgIpc) is 3.17. The van der Waals surface area contributed by atoms with Crippen LogP contribution in [0.25, 0.3) is 0 Å². The van der Waals surface area contributed by atoms with Crippen LogP contribution in [0.4, 0.5) is 20.4 Å². The minimum absolute atomic E-state index is 0.127. The summed E-state index contributed by atoms with van der Waals surface area (Å²) in [6.07, 6.45) is 1.29. The lowest BCUT2D eigenvalue weighted by atomic mass is 9.94. The second-order valence-corrected chi connectivity index (χ2v) is 7.49. The maximum absolute atomic E-state index is 13.3. The first kappa shape index (κ1) is 21.1. The van der Waals surface area contributed by atoms with Crippen molar-refractivity contribution in [2.75, 3.05) is 10.6 Å². The largest absolute Gasteiger partial charge is 0.434 e. The first-order valence-corrected chi connectivity index (χ1v) is 9.77. The van der Waals surface area contributed by atoms with Crippen LogP contribution in [0, 0.1) is 0 Å². The minimum atomic E-state index is -3.06. The lowest BCUT2D eigenvalue weighted by Crippen LogP contribution is -2.32. The molecule has 2 N–H and O–H groups in total. The van der Waals surface area contributed by atoms with Crippen LogP contribution in [0.2, 0.25) is 10.0 Å². The van der Waals surface area contributed by atoms with Gasteiger partial charge in [-0.3, -0.25) is 4.79 Å². The highest BCUT2D eigenvalue weighted by Crippen LogP contribution is 2.40. The molecule has 1 amide bonds. The number of rotatable bonds is 5. The van der Waals surface area contributed by atoms with Crippen LogP contribution in [0.1, 0.15) is 18.5 Å². The van der Waals surface area contributed by atoms with Crippen molar-refractivity contribution >= 4 is 40.7 Å². The quantitative estimate of drug-likeness (QED) is 0.546. The molecule has 1 atom stereocenters. The van der Waals surface area contributed by atoms with E-state index in [1.54, 1.807) is 31.2 Å². The van der Waals surface area contributed by atoms with Crippen molar-refractivity contribution in [3.63, 3.8) is 0 Å². The molecule has 0 saturated heterocycles. The van der Waals surface area contributed by atoms with Crippen LogP contribution >= 0.6 is 23.2 Å². The number of aromatic nitrogens is 3. The molecular weight excluding hydrogens is 451 g/mol. The van der Waals surface area contributed by atoms with Crippen LogP contribution in [-0.2, 0) is 4.79 Å². The van der Waals surface area contributed by atoms with Gasteiger partial charge in [0.05, 0.1) is 5.57 Å². The molecule has 1 aliphatic heterocycles. The zero-order valence-corrected chi connectivity index (χ0v) is 17.5. The highest BCUT2D eigenvalue weighted by atomic mass is 35.5. The number of benzene rings is 2. The number of fused-ring (bicyclic) bond motifs is 1. The summed E-state index contributed by atoms with van der Waals surface area (Å²) in [7, 11) is 0. The van der Waals surface area contributed by atoms with E-state index in [0.29, 0.717) is 22.4 Å². The van der Waals surface area contributed by atoms with Gasteiger partial charge in [0.15, 0.2) is 0 Å². The normalized spacial score (nSPS) is 15.5. The molecular formula is C20H15Cl2F2N5O2. The third-order valence-electron chi connectivity index (χ3n) is 4.62. The van der Waals surface area contributed by atoms with Crippen molar-refractivity contribution in [3.8, 4) is 5.75 Å². The van der Waals surface area contributed by atoms with Crippen LogP contribution in [0.5, 0.6) is 5.75 Å². The molecule has 2 aromatic carbocycles. The van der Waals surface area contributed by atoms with Crippen molar-refractivity contribution < 1.29 is 18.3 Å². The summed E-state index contributed by atoms with van der Waals surface area (Å²) in [5, 5.41) is 10.8. The van der Waals surface area contributed by atoms with Gasteiger partial charge in [0.25, 0.3) is 5.91 Å². The van der Waals surface area contributed by atoms with Crippen LogP contribution in [-0.4, -0.2) is 27.3 Å². The van der Waals surface area contributed by atoms with Gasteiger partial charge in [-0.25, -0.2) is 4.68 Å². The van der Waals surface area contributed by atoms with Gasteiger partial charge in [0.2, 0.25) is 5.95 Å². The first-order chi connectivity index (χ1) is 14.8. The molecule has 1 aromatic heterocycles. The Bertz CT molecular complexity index is 1160. The molecule has 0 bridgehead atoms. The van der Waals surface area contributed by atoms with E-state index >= 15 is 0 Å². The second kappa shape index (κ2) is 8.52. The molecule has 11 heteroatoms. The molecule has 31 heavy (non-hydrogen) atoms. The SMILES string of the molecule is CC1=C(C(=O)Nc2ccc(Cl)cc2)[C@H](c2cc(Cl)ccc2OC(F)F)n2ncnc2N1. The van der Waals surface area contributed by atoms with Crippen molar-refractivity contribution in [1.29, 1.82) is 0 Å². The van der Waals surface area contributed by atoms with Crippen molar-refractivity contribution in [3.05, 3.63) is 75.7 Å². The molecule has 2 heterocycles. The number of ether oxygens (including phenoxy) is 1. The van der Waals surface area contributed by atoms with Gasteiger partial charge < -0.3 is 15.4 Å². The zero-order valence-electron chi connectivity index (χ0n) is 15.9. The Morgan fingerprint density at radius 1 is 1.19 bits per heavy atom. The number of halogens is 4. The first-order valence-electron chi connectivity index (χ1n) is 9.02. The summed E-state index contributed by atoms with van der Waals surface area (Å²) in [5.41, 5.74) is 1.45. The molecule has 0 fully saturated rings. The Kier molecular flexibility index (Phi) is 5.79. The van der Waals surface area contributed by atoms with E-state index in [4.69, 9.17) is 27.9 Å². The lowest BCUT2D eigenvalue weighted by molar-refractivity contribution is -0.113. The molecule has 0 saturated carbocycles. The maximum Gasteiger partial charge on any atom is 0.387 e. The number of alkyl halides is 2. The van der Waals surface area contributed by atoms with Crippen LogP contribution in [0.15, 0.2) is 60.1 Å². The summed E-state index contributed by atoms with van der Waals surface area (Å²) < 4.78 is 32.2. The zero-order chi connectivity index (χ0) is 22.1. The summed E-state index contributed by atoms with van der Waals surface area (Å²) in [5.74, 6) is -0.257. The molecule has 0 spiro atoms. The van der Waals surface area contributed by atoms with Gasteiger partial charge in [-0.1, -0.05) is 23.2 Å². The van der Waals surface area contributed by atoms with E-state index in [9.17, 15) is 13.6 Å². The molecule has 0 radical (unpaired) electrons. The molecule has 160 valence electrons. The van der Waals surface area contributed by atoms with Crippen LogP contribution < -0.4 is 15.4 Å². The predicted octanol–water partition coefficient (Wildman–Crippen LogP) is 5.11. The van der Waals surface area contributed by atoms with E-state index in [-0.39, 0.29) is 21.9 Å². The number of carbonyl (C=O) groups is 1. The molecule has 0 unspecified atom stereocenters. The van der Waals surface area contributed by atoms with Gasteiger partial charge in [-0.05, 0) is 49.4 Å². The number of amides is 1. The Labute approximate surface area is 185 Å². The topological polar surface area (TPSA) is 81.1 Å². The number of anilines is 2. The van der Waals surface area contributed by atoms with Crippen molar-refractivity contribution in [1.82, 2.24) is 14.8 Å². The average molecular weight is 466 g/mol. The van der Waals surface area contributed by atoms with Crippen molar-refractivity contribution in [2.24, 2.45) is 0 Å². The Hall–Kier alpha value is -3.17. The van der Waals surface area contributed by atoms with Gasteiger partial charge >= 0.3 is 6.61 Å². The monoisotopic (exact) mass is 465 g/mol. The summed E-state index contributed by atoms with van der Waals surface area (Å²) in [6.45, 7) is -1.38. The standard InChI is InChI=1S/C20H15Cl2F2N5O2/c1-10-16(18(30)28-13-5-2-11(21)3-6-13)17(29-20(27-10)25-9-26-29)14-8-12(22)4-7-15(14)31-19(23)24/h2-9,17,19H,1H3,(H,28,30)(H,25,26,27)/t17-/m0/s1. The van der Waals surface area contributed by atoms with E-state index in [2.05, 4.69) is 20.7 Å². The van der Waals surface area contributed by atoms with Gasteiger partial charge in [0.1, 0.15) is 18.1 Å². The Morgan fingerprint density at radius 2 is 1.90 bits per heavy atom. The smallest absolute Gasteiger partial charge is 0.387 e. The molecule has 1 aliphatic rings. The number of allylic oxidation sites excluding steroid dienone is 1. The third-order valence-corrected chi connectivity index (χ3v) is 5.11. The lowest BCUT2D eigenvalue weighted by Gasteiger charge is -2.29.